The van der Waals surface area contributed by atoms with E-state index in [1.165, 1.54) is 236 Å². The Hall–Kier alpha value is -0.530. The summed E-state index contributed by atoms with van der Waals surface area (Å²) < 4.78 is 1.36. The molecule has 0 atom stereocenters. The van der Waals surface area contributed by atoms with Crippen molar-refractivity contribution in [1.82, 2.24) is 0 Å². The van der Waals surface area contributed by atoms with E-state index in [4.69, 9.17) is 0 Å². The Kier molecular flexibility index (Phi) is 36.3. The molecule has 0 aliphatic carbocycles. The molecule has 1 rings (SSSR count). The lowest BCUT2D eigenvalue weighted by Gasteiger charge is -2.39. The maximum Gasteiger partial charge on any atom is 0.104 e. The first-order valence-corrected chi connectivity index (χ1v) is 21.7. The Morgan fingerprint density at radius 3 is 0.809 bits per heavy atom. The van der Waals surface area contributed by atoms with E-state index in [-0.39, 0.29) is 12.4 Å². The van der Waals surface area contributed by atoms with Crippen LogP contribution >= 0.6 is 0 Å². The highest BCUT2D eigenvalue weighted by Gasteiger charge is 2.26. The minimum absolute atomic E-state index is 0. The van der Waals surface area contributed by atoms with Gasteiger partial charge in [-0.15, -0.1) is 0 Å². The molecule has 47 heavy (non-hydrogen) atoms. The van der Waals surface area contributed by atoms with Crippen LogP contribution < -0.4 is 12.4 Å². The molecule has 0 fully saturated rings. The molecule has 2 heteroatoms. The Morgan fingerprint density at radius 1 is 0.319 bits per heavy atom. The molecule has 0 heterocycles. The quantitative estimate of drug-likeness (QED) is 0.0486. The van der Waals surface area contributed by atoms with Gasteiger partial charge in [0.05, 0.1) is 19.6 Å². The second kappa shape index (κ2) is 36.7. The fraction of sp³-hybridized carbons (Fsp3) is 0.867. The van der Waals surface area contributed by atoms with Gasteiger partial charge in [0.1, 0.15) is 6.54 Å². The molecule has 1 aromatic carbocycles. The number of benzene rings is 1. The zero-order valence-electron chi connectivity index (χ0n) is 32.7. The molecule has 0 radical (unpaired) electrons. The predicted octanol–water partition coefficient (Wildman–Crippen LogP) is 12.6. The molecular formula is C45H86ClN. The molecular weight excluding hydrogens is 590 g/mol. The van der Waals surface area contributed by atoms with Gasteiger partial charge in [-0.05, 0) is 38.5 Å². The van der Waals surface area contributed by atoms with Crippen LogP contribution in [0.3, 0.4) is 0 Å². The van der Waals surface area contributed by atoms with Crippen LogP contribution in [0.15, 0.2) is 30.3 Å². The number of rotatable bonds is 37. The molecule has 1 nitrogen and oxygen atoms in total. The summed E-state index contributed by atoms with van der Waals surface area (Å²) in [7, 11) is 0. The minimum Gasteiger partial charge on any atom is -1.00 e. The third-order valence-electron chi connectivity index (χ3n) is 10.8. The largest absolute Gasteiger partial charge is 1.00 e. The normalized spacial score (nSPS) is 11.6. The van der Waals surface area contributed by atoms with E-state index in [9.17, 15) is 0 Å². The van der Waals surface area contributed by atoms with Gasteiger partial charge in [0.2, 0.25) is 0 Å². The van der Waals surface area contributed by atoms with Crippen LogP contribution in [0.4, 0.5) is 0 Å². The van der Waals surface area contributed by atoms with E-state index >= 15 is 0 Å². The van der Waals surface area contributed by atoms with Gasteiger partial charge in [-0.3, -0.25) is 0 Å². The number of halogens is 1. The first-order chi connectivity index (χ1) is 22.8. The first kappa shape index (κ1) is 46.5. The summed E-state index contributed by atoms with van der Waals surface area (Å²) >= 11 is 0. The van der Waals surface area contributed by atoms with Crippen LogP contribution in [0.1, 0.15) is 232 Å². The van der Waals surface area contributed by atoms with Crippen molar-refractivity contribution in [2.24, 2.45) is 0 Å². The third-order valence-corrected chi connectivity index (χ3v) is 10.8. The minimum atomic E-state index is 0. The van der Waals surface area contributed by atoms with Gasteiger partial charge < -0.3 is 16.9 Å². The summed E-state index contributed by atoms with van der Waals surface area (Å²) in [6, 6.07) is 11.5. The second-order valence-electron chi connectivity index (χ2n) is 15.4. The number of unbranched alkanes of at least 4 members (excludes halogenated alkanes) is 29. The molecule has 1 aromatic rings. The van der Waals surface area contributed by atoms with E-state index in [2.05, 4.69) is 51.1 Å². The SMILES string of the molecule is CCCCCCCCCCCCCCCCCC[N+](CCCCCCCCCC)(CCCCCCCCCC)Cc1ccccc1.[Cl-]. The van der Waals surface area contributed by atoms with Crippen LogP contribution in [0.2, 0.25) is 0 Å². The Labute approximate surface area is 304 Å². The van der Waals surface area contributed by atoms with Crippen molar-refractivity contribution in [1.29, 1.82) is 0 Å². The summed E-state index contributed by atoms with van der Waals surface area (Å²) in [6.07, 6.45) is 46.3. The molecule has 0 N–H and O–H groups in total. The van der Waals surface area contributed by atoms with Gasteiger partial charge in [0.25, 0.3) is 0 Å². The molecule has 0 aromatic heterocycles. The number of hydrogen-bond acceptors (Lipinski definition) is 0. The molecule has 278 valence electrons. The van der Waals surface area contributed by atoms with E-state index in [0.717, 1.165) is 0 Å². The highest BCUT2D eigenvalue weighted by Crippen LogP contribution is 2.23. The summed E-state index contributed by atoms with van der Waals surface area (Å²) in [4.78, 5) is 0. The number of hydrogen-bond donors (Lipinski definition) is 0. The van der Waals surface area contributed by atoms with Gasteiger partial charge >= 0.3 is 0 Å². The zero-order chi connectivity index (χ0) is 33.1. The van der Waals surface area contributed by atoms with Crippen LogP contribution in [0.5, 0.6) is 0 Å². The van der Waals surface area contributed by atoms with Crippen molar-refractivity contribution in [3.05, 3.63) is 35.9 Å². The van der Waals surface area contributed by atoms with Gasteiger partial charge in [0.15, 0.2) is 0 Å². The Balaban J connectivity index is 0.0000212. The van der Waals surface area contributed by atoms with Crippen molar-refractivity contribution >= 4 is 0 Å². The fourth-order valence-corrected chi connectivity index (χ4v) is 7.70. The highest BCUT2D eigenvalue weighted by atomic mass is 35.5. The lowest BCUT2D eigenvalue weighted by Crippen LogP contribution is -3.00. The number of nitrogens with zero attached hydrogens (tertiary/aromatic N) is 1. The molecule has 0 saturated heterocycles. The zero-order valence-corrected chi connectivity index (χ0v) is 33.4. The molecule has 0 amide bonds. The third kappa shape index (κ3) is 30.1. The van der Waals surface area contributed by atoms with Gasteiger partial charge in [-0.2, -0.15) is 0 Å². The van der Waals surface area contributed by atoms with Crippen molar-refractivity contribution < 1.29 is 16.9 Å². The van der Waals surface area contributed by atoms with Crippen LogP contribution in [-0.2, 0) is 6.54 Å². The lowest BCUT2D eigenvalue weighted by molar-refractivity contribution is -0.941. The van der Waals surface area contributed by atoms with Gasteiger partial charge in [-0.1, -0.05) is 218 Å². The van der Waals surface area contributed by atoms with Crippen molar-refractivity contribution in [3.8, 4) is 0 Å². The topological polar surface area (TPSA) is 0 Å². The lowest BCUT2D eigenvalue weighted by atomic mass is 10.0. The molecule has 0 spiro atoms. The first-order valence-electron chi connectivity index (χ1n) is 21.7. The summed E-state index contributed by atoms with van der Waals surface area (Å²) in [5.41, 5.74) is 1.57. The summed E-state index contributed by atoms with van der Waals surface area (Å²) in [5.74, 6) is 0. The maximum absolute atomic E-state index is 2.40. The van der Waals surface area contributed by atoms with E-state index < -0.39 is 0 Å². The van der Waals surface area contributed by atoms with E-state index in [1.54, 1.807) is 5.56 Å². The van der Waals surface area contributed by atoms with Crippen LogP contribution in [0, 0.1) is 0 Å². The van der Waals surface area contributed by atoms with E-state index in [0.29, 0.717) is 0 Å². The average Bonchev–Trinajstić information content (AvgIpc) is 3.07. The average molecular weight is 677 g/mol. The van der Waals surface area contributed by atoms with Crippen LogP contribution in [0.25, 0.3) is 0 Å². The van der Waals surface area contributed by atoms with Crippen LogP contribution in [-0.4, -0.2) is 24.1 Å². The highest BCUT2D eigenvalue weighted by molar-refractivity contribution is 5.13. The van der Waals surface area contributed by atoms with Gasteiger partial charge in [-0.25, -0.2) is 0 Å². The monoisotopic (exact) mass is 676 g/mol. The summed E-state index contributed by atoms with van der Waals surface area (Å²) in [6.45, 7) is 12.4. The van der Waals surface area contributed by atoms with Crippen molar-refractivity contribution in [2.75, 3.05) is 19.6 Å². The Bertz CT molecular complexity index is 683. The molecule has 0 unspecified atom stereocenters. The molecule has 0 aliphatic heterocycles. The van der Waals surface area contributed by atoms with Crippen molar-refractivity contribution in [2.45, 2.75) is 233 Å². The predicted molar refractivity (Wildman–Crippen MR) is 210 cm³/mol. The maximum atomic E-state index is 2.40. The Morgan fingerprint density at radius 2 is 0.553 bits per heavy atom. The molecule has 0 bridgehead atoms. The second-order valence-corrected chi connectivity index (χ2v) is 15.4. The van der Waals surface area contributed by atoms with Crippen molar-refractivity contribution in [3.63, 3.8) is 0 Å². The van der Waals surface area contributed by atoms with E-state index in [1.807, 2.05) is 0 Å². The standard InChI is InChI=1S/C45H86N.ClH/c1-4-7-10-13-16-19-20-21-22-23-24-25-26-29-32-38-43-46(44-45-39-34-33-35-40-45,41-36-30-27-17-14-11-8-5-2)42-37-31-28-18-15-12-9-6-3;/h33-35,39-40H,4-32,36-38,41-44H2,1-3H3;1H/q+1;/p-1. The smallest absolute Gasteiger partial charge is 0.104 e. The molecule has 0 aliphatic rings. The molecule has 0 saturated carbocycles. The summed E-state index contributed by atoms with van der Waals surface area (Å²) in [5, 5.41) is 0. The fourth-order valence-electron chi connectivity index (χ4n) is 7.70. The number of quaternary nitrogens is 1. The van der Waals surface area contributed by atoms with Gasteiger partial charge in [0, 0.05) is 5.56 Å².